The average Bonchev–Trinajstić information content (AvgIpc) is 2.27. The van der Waals surface area contributed by atoms with E-state index in [2.05, 4.69) is 38.1 Å². The second kappa shape index (κ2) is 7.28. The first-order valence-electron chi connectivity index (χ1n) is 5.91. The predicted octanol–water partition coefficient (Wildman–Crippen LogP) is 4.66. The first kappa shape index (κ1) is 12.0. The second-order valence-electron chi connectivity index (χ2n) is 3.95. The molecule has 0 saturated heterocycles. The third-order valence-electron chi connectivity index (χ3n) is 2.61. The van der Waals surface area contributed by atoms with Crippen molar-refractivity contribution >= 4 is 6.08 Å². The Morgan fingerprint density at radius 3 is 2.40 bits per heavy atom. The summed E-state index contributed by atoms with van der Waals surface area (Å²) in [6.45, 7) is 5.94. The highest BCUT2D eigenvalue weighted by Gasteiger charge is 1.93. The van der Waals surface area contributed by atoms with E-state index in [1.165, 1.54) is 43.2 Å². The molecule has 0 N–H and O–H groups in total. The van der Waals surface area contributed by atoms with Crippen molar-refractivity contribution in [2.45, 2.75) is 39.0 Å². The zero-order valence-electron chi connectivity index (χ0n) is 9.71. The van der Waals surface area contributed by atoms with Gasteiger partial charge in [-0.25, -0.2) is 0 Å². The van der Waals surface area contributed by atoms with E-state index in [4.69, 9.17) is 0 Å². The van der Waals surface area contributed by atoms with Crippen LogP contribution in [0.1, 0.15) is 43.7 Å². The number of rotatable bonds is 6. The molecule has 0 atom stereocenters. The van der Waals surface area contributed by atoms with Gasteiger partial charge in [0, 0.05) is 0 Å². The van der Waals surface area contributed by atoms with Crippen molar-refractivity contribution in [3.05, 3.63) is 48.4 Å². The molecule has 0 aromatic heterocycles. The van der Waals surface area contributed by atoms with Gasteiger partial charge in [0.15, 0.2) is 0 Å². The van der Waals surface area contributed by atoms with Crippen molar-refractivity contribution in [2.75, 3.05) is 0 Å². The van der Waals surface area contributed by atoms with Crippen LogP contribution in [0.2, 0.25) is 0 Å². The van der Waals surface area contributed by atoms with Gasteiger partial charge < -0.3 is 0 Å². The minimum Gasteiger partial charge on any atom is -0.0836 e. The number of benzene rings is 1. The van der Waals surface area contributed by atoms with Gasteiger partial charge in [-0.1, -0.05) is 62.6 Å². The summed E-state index contributed by atoms with van der Waals surface area (Å²) in [6, 6.07) is 8.77. The minimum absolute atomic E-state index is 1.22. The van der Waals surface area contributed by atoms with Crippen LogP contribution in [0.5, 0.6) is 0 Å². The lowest BCUT2D eigenvalue weighted by Crippen LogP contribution is -1.85. The van der Waals surface area contributed by atoms with Gasteiger partial charge in [0.05, 0.1) is 0 Å². The Balaban J connectivity index is 2.36. The molecule has 0 bridgehead atoms. The Bertz CT molecular complexity index is 279. The van der Waals surface area contributed by atoms with E-state index in [1.807, 2.05) is 12.2 Å². The quantitative estimate of drug-likeness (QED) is 0.587. The molecule has 1 aromatic rings. The maximum Gasteiger partial charge on any atom is -0.0260 e. The van der Waals surface area contributed by atoms with Crippen LogP contribution < -0.4 is 0 Å². The second-order valence-corrected chi connectivity index (χ2v) is 3.95. The van der Waals surface area contributed by atoms with Crippen LogP contribution in [0.25, 0.3) is 6.08 Å². The normalized spacial score (nSPS) is 11.1. The maximum atomic E-state index is 3.69. The van der Waals surface area contributed by atoms with Gasteiger partial charge in [0.1, 0.15) is 0 Å². The summed E-state index contributed by atoms with van der Waals surface area (Å²) in [6.07, 6.45) is 10.4. The number of unbranched alkanes of at least 4 members (excludes halogenated alkanes) is 3. The van der Waals surface area contributed by atoms with Gasteiger partial charge in [-0.05, 0) is 30.9 Å². The summed E-state index contributed by atoms with van der Waals surface area (Å²) >= 11 is 0. The fraction of sp³-hybridized carbons (Fsp3) is 0.400. The molecule has 0 saturated carbocycles. The van der Waals surface area contributed by atoms with Crippen molar-refractivity contribution in [3.63, 3.8) is 0 Å². The van der Waals surface area contributed by atoms with Crippen molar-refractivity contribution in [3.8, 4) is 0 Å². The molecular weight excluding hydrogens is 180 g/mol. The van der Waals surface area contributed by atoms with Gasteiger partial charge in [0.25, 0.3) is 0 Å². The van der Waals surface area contributed by atoms with Crippen molar-refractivity contribution < 1.29 is 0 Å². The van der Waals surface area contributed by atoms with Gasteiger partial charge in [0.2, 0.25) is 0 Å². The van der Waals surface area contributed by atoms with Gasteiger partial charge in [-0.3, -0.25) is 0 Å². The molecule has 1 aromatic carbocycles. The van der Waals surface area contributed by atoms with E-state index >= 15 is 0 Å². The third-order valence-corrected chi connectivity index (χ3v) is 2.61. The Labute approximate surface area is 94.0 Å². The first-order valence-corrected chi connectivity index (χ1v) is 5.91. The highest BCUT2D eigenvalue weighted by atomic mass is 14.0. The number of aryl methyl sites for hydroxylation is 1. The fourth-order valence-corrected chi connectivity index (χ4v) is 1.69. The van der Waals surface area contributed by atoms with Crippen molar-refractivity contribution in [1.82, 2.24) is 0 Å². The van der Waals surface area contributed by atoms with Gasteiger partial charge in [-0.15, -0.1) is 0 Å². The topological polar surface area (TPSA) is 0 Å². The molecule has 0 spiro atoms. The molecular formula is C15H21. The molecule has 0 heteroatoms. The lowest BCUT2D eigenvalue weighted by Gasteiger charge is -2.01. The Kier molecular flexibility index (Phi) is 5.84. The van der Waals surface area contributed by atoms with Crippen molar-refractivity contribution in [2.24, 2.45) is 0 Å². The molecule has 0 heterocycles. The van der Waals surface area contributed by atoms with E-state index in [1.54, 1.807) is 0 Å². The fourth-order valence-electron chi connectivity index (χ4n) is 1.69. The Morgan fingerprint density at radius 2 is 1.80 bits per heavy atom. The summed E-state index contributed by atoms with van der Waals surface area (Å²) in [5.41, 5.74) is 2.69. The summed E-state index contributed by atoms with van der Waals surface area (Å²) in [7, 11) is 0. The van der Waals surface area contributed by atoms with Crippen LogP contribution in [-0.4, -0.2) is 0 Å². The maximum absolute atomic E-state index is 3.69. The van der Waals surface area contributed by atoms with Crippen LogP contribution in [-0.2, 0) is 6.42 Å². The molecule has 1 radical (unpaired) electrons. The zero-order chi connectivity index (χ0) is 10.9. The van der Waals surface area contributed by atoms with E-state index < -0.39 is 0 Å². The van der Waals surface area contributed by atoms with Crippen LogP contribution in [0, 0.1) is 6.92 Å². The lowest BCUT2D eigenvalue weighted by molar-refractivity contribution is 0.667. The van der Waals surface area contributed by atoms with Gasteiger partial charge >= 0.3 is 0 Å². The minimum atomic E-state index is 1.22. The standard InChI is InChI=1S/C15H21/c1-3-5-6-7-9-15-12-10-14(8-4-2)11-13-15/h4,8,10-13H,2-3,5-7,9H2,1H3/b8-4+. The summed E-state index contributed by atoms with van der Waals surface area (Å²) in [5.74, 6) is 0. The molecule has 0 fully saturated rings. The number of hydrogen-bond donors (Lipinski definition) is 0. The van der Waals surface area contributed by atoms with E-state index in [0.717, 1.165) is 0 Å². The highest BCUT2D eigenvalue weighted by molar-refractivity contribution is 5.49. The van der Waals surface area contributed by atoms with E-state index in [0.29, 0.717) is 0 Å². The largest absolute Gasteiger partial charge is 0.0836 e. The van der Waals surface area contributed by atoms with E-state index in [-0.39, 0.29) is 0 Å². The van der Waals surface area contributed by atoms with Crippen LogP contribution in [0.15, 0.2) is 30.3 Å². The molecule has 0 aliphatic rings. The summed E-state index contributed by atoms with van der Waals surface area (Å²) in [4.78, 5) is 0. The van der Waals surface area contributed by atoms with Crippen LogP contribution >= 0.6 is 0 Å². The van der Waals surface area contributed by atoms with E-state index in [9.17, 15) is 0 Å². The van der Waals surface area contributed by atoms with Gasteiger partial charge in [-0.2, -0.15) is 0 Å². The average molecular weight is 201 g/mol. The smallest absolute Gasteiger partial charge is 0.0260 e. The number of allylic oxidation sites excluding steroid dienone is 1. The molecule has 0 nitrogen and oxygen atoms in total. The first-order chi connectivity index (χ1) is 7.36. The molecule has 1 rings (SSSR count). The highest BCUT2D eigenvalue weighted by Crippen LogP contribution is 2.10. The Hall–Kier alpha value is -1.04. The molecule has 0 aliphatic carbocycles. The molecule has 0 unspecified atom stereocenters. The molecule has 15 heavy (non-hydrogen) atoms. The predicted molar refractivity (Wildman–Crippen MR) is 68.7 cm³/mol. The molecule has 0 aliphatic heterocycles. The Morgan fingerprint density at radius 1 is 1.07 bits per heavy atom. The van der Waals surface area contributed by atoms with Crippen molar-refractivity contribution in [1.29, 1.82) is 0 Å². The number of hydrogen-bond acceptors (Lipinski definition) is 0. The molecule has 81 valence electrons. The molecule has 0 amide bonds. The van der Waals surface area contributed by atoms with Crippen LogP contribution in [0.4, 0.5) is 0 Å². The SMILES string of the molecule is [CH2]/C=C/c1ccc(CCCCCC)cc1. The van der Waals surface area contributed by atoms with Crippen LogP contribution in [0.3, 0.4) is 0 Å². The summed E-state index contributed by atoms with van der Waals surface area (Å²) in [5, 5.41) is 0. The third kappa shape index (κ3) is 4.83. The summed E-state index contributed by atoms with van der Waals surface area (Å²) < 4.78 is 0. The zero-order valence-corrected chi connectivity index (χ0v) is 9.71. The monoisotopic (exact) mass is 201 g/mol. The lowest BCUT2D eigenvalue weighted by atomic mass is 10.0.